The Balaban J connectivity index is 2.96. The highest BCUT2D eigenvalue weighted by Gasteiger charge is 2.19. The summed E-state index contributed by atoms with van der Waals surface area (Å²) in [7, 11) is 0. The maximum absolute atomic E-state index is 10.8. The number of halogens is 1. The molecule has 1 aromatic heterocycles. The van der Waals surface area contributed by atoms with Gasteiger partial charge in [-0.3, -0.25) is 15.1 Å². The molecule has 0 aliphatic carbocycles. The molecule has 0 aliphatic rings. The Labute approximate surface area is 89.6 Å². The topological polar surface area (TPSA) is 82.0 Å². The molecule has 6 heteroatoms. The molecule has 0 bridgehead atoms. The van der Waals surface area contributed by atoms with Crippen molar-refractivity contribution in [3.05, 3.63) is 39.5 Å². The smallest absolute Gasteiger partial charge is 0.297 e. The highest BCUT2D eigenvalue weighted by atomic mass is 35.5. The number of hydrogen-bond donors (Lipinski definition) is 1. The van der Waals surface area contributed by atoms with Gasteiger partial charge in [-0.25, -0.2) is 0 Å². The average Bonchev–Trinajstić information content (AvgIpc) is 2.17. The van der Waals surface area contributed by atoms with E-state index >= 15 is 0 Å². The highest BCUT2D eigenvalue weighted by molar-refractivity contribution is 6.34. The average molecular weight is 224 g/mol. The molecule has 0 amide bonds. The van der Waals surface area contributed by atoms with Gasteiger partial charge >= 0.3 is 0 Å². The van der Waals surface area contributed by atoms with Gasteiger partial charge in [-0.05, 0) is 18.2 Å². The van der Waals surface area contributed by atoms with E-state index < -0.39 is 4.92 Å². The van der Waals surface area contributed by atoms with E-state index in [-0.39, 0.29) is 10.7 Å². The summed E-state index contributed by atoms with van der Waals surface area (Å²) in [5.74, 6) is 0. The Kier molecular flexibility index (Phi) is 2.17. The maximum Gasteiger partial charge on any atom is 0.297 e. The summed E-state index contributed by atoms with van der Waals surface area (Å²) in [4.78, 5) is 14.2. The number of hydrogen-bond acceptors (Lipinski definition) is 4. The molecule has 15 heavy (non-hydrogen) atoms. The molecule has 2 aromatic rings. The number of nitrogens with two attached hydrogens (primary N) is 1. The van der Waals surface area contributed by atoms with Crippen molar-refractivity contribution in [3.63, 3.8) is 0 Å². The van der Waals surface area contributed by atoms with Crippen LogP contribution in [0.5, 0.6) is 0 Å². The molecule has 0 spiro atoms. The number of nitro groups is 1. The fraction of sp³-hybridized carbons (Fsp3) is 0. The summed E-state index contributed by atoms with van der Waals surface area (Å²) < 4.78 is 0. The van der Waals surface area contributed by atoms with Gasteiger partial charge in [0, 0.05) is 6.20 Å². The second-order valence-electron chi connectivity index (χ2n) is 2.95. The Morgan fingerprint density at radius 1 is 1.53 bits per heavy atom. The summed E-state index contributed by atoms with van der Waals surface area (Å²) in [6.07, 6.45) is 1.52. The lowest BCUT2D eigenvalue weighted by atomic mass is 10.1. The van der Waals surface area contributed by atoms with Crippen molar-refractivity contribution in [1.29, 1.82) is 0 Å². The zero-order chi connectivity index (χ0) is 11.0. The zero-order valence-corrected chi connectivity index (χ0v) is 8.23. The van der Waals surface area contributed by atoms with Crippen LogP contribution in [0, 0.1) is 10.1 Å². The number of nitro benzene ring substituents is 1. The first-order valence-electron chi connectivity index (χ1n) is 4.08. The van der Waals surface area contributed by atoms with Gasteiger partial charge in [0.05, 0.1) is 16.0 Å². The van der Waals surface area contributed by atoms with Crippen LogP contribution in [-0.2, 0) is 0 Å². The van der Waals surface area contributed by atoms with E-state index in [0.717, 1.165) is 0 Å². The Morgan fingerprint density at radius 3 is 2.93 bits per heavy atom. The third-order valence-electron chi connectivity index (χ3n) is 2.03. The molecular weight excluding hydrogens is 218 g/mol. The lowest BCUT2D eigenvalue weighted by molar-refractivity contribution is -0.382. The van der Waals surface area contributed by atoms with Crippen molar-refractivity contribution in [2.45, 2.75) is 0 Å². The number of nitrogens with zero attached hydrogens (tertiary/aromatic N) is 2. The molecule has 2 N–H and O–H groups in total. The standard InChI is InChI=1S/C9H6ClN3O2/c10-6-4-7(11)8-5(2-1-3-12-8)9(6)13(14)15/h1-4H,11H2. The fourth-order valence-electron chi connectivity index (χ4n) is 1.41. The first-order chi connectivity index (χ1) is 7.11. The van der Waals surface area contributed by atoms with Crippen molar-refractivity contribution < 1.29 is 4.92 Å². The summed E-state index contributed by atoms with van der Waals surface area (Å²) in [5, 5.41) is 11.2. The van der Waals surface area contributed by atoms with Gasteiger partial charge in [0.25, 0.3) is 5.69 Å². The normalized spacial score (nSPS) is 10.5. The molecule has 76 valence electrons. The molecule has 2 rings (SSSR count). The largest absolute Gasteiger partial charge is 0.397 e. The van der Waals surface area contributed by atoms with Crippen LogP contribution in [0.3, 0.4) is 0 Å². The first kappa shape index (κ1) is 9.67. The van der Waals surface area contributed by atoms with Crippen LogP contribution >= 0.6 is 11.6 Å². The van der Waals surface area contributed by atoms with E-state index in [0.29, 0.717) is 16.6 Å². The third-order valence-corrected chi connectivity index (χ3v) is 2.32. The maximum atomic E-state index is 10.8. The van der Waals surface area contributed by atoms with Crippen molar-refractivity contribution in [2.75, 3.05) is 5.73 Å². The van der Waals surface area contributed by atoms with Gasteiger partial charge in [0.15, 0.2) is 0 Å². The van der Waals surface area contributed by atoms with Crippen LogP contribution in [0.4, 0.5) is 11.4 Å². The molecule has 0 unspecified atom stereocenters. The van der Waals surface area contributed by atoms with Crippen LogP contribution in [-0.4, -0.2) is 9.91 Å². The molecule has 0 saturated heterocycles. The van der Waals surface area contributed by atoms with E-state index in [2.05, 4.69) is 4.98 Å². The molecule has 1 aromatic carbocycles. The van der Waals surface area contributed by atoms with Crippen LogP contribution < -0.4 is 5.73 Å². The van der Waals surface area contributed by atoms with E-state index in [9.17, 15) is 10.1 Å². The first-order valence-corrected chi connectivity index (χ1v) is 4.46. The Hall–Kier alpha value is -1.88. The minimum Gasteiger partial charge on any atom is -0.397 e. The third kappa shape index (κ3) is 1.46. The van der Waals surface area contributed by atoms with E-state index in [1.165, 1.54) is 12.3 Å². The number of benzene rings is 1. The number of pyridine rings is 1. The summed E-state index contributed by atoms with van der Waals surface area (Å²) in [6.45, 7) is 0. The van der Waals surface area contributed by atoms with Gasteiger partial charge in [0.2, 0.25) is 0 Å². The predicted molar refractivity (Wildman–Crippen MR) is 57.8 cm³/mol. The van der Waals surface area contributed by atoms with Gasteiger partial charge in [-0.2, -0.15) is 0 Å². The second-order valence-corrected chi connectivity index (χ2v) is 3.36. The van der Waals surface area contributed by atoms with E-state index in [4.69, 9.17) is 17.3 Å². The second kappa shape index (κ2) is 3.36. The molecule has 0 aliphatic heterocycles. The quantitative estimate of drug-likeness (QED) is 0.457. The number of nitrogen functional groups attached to an aromatic ring is 1. The lowest BCUT2D eigenvalue weighted by Gasteiger charge is -2.03. The molecule has 0 saturated carbocycles. The Bertz CT molecular complexity index is 556. The van der Waals surface area contributed by atoms with Crippen LogP contribution in [0.2, 0.25) is 5.02 Å². The molecule has 5 nitrogen and oxygen atoms in total. The Morgan fingerprint density at radius 2 is 2.27 bits per heavy atom. The summed E-state index contributed by atoms with van der Waals surface area (Å²) in [5.41, 5.74) is 6.23. The molecular formula is C9H6ClN3O2. The summed E-state index contributed by atoms with van der Waals surface area (Å²) >= 11 is 5.75. The SMILES string of the molecule is Nc1cc(Cl)c([N+](=O)[O-])c2cccnc12. The van der Waals surface area contributed by atoms with Gasteiger partial charge < -0.3 is 5.73 Å². The van der Waals surface area contributed by atoms with Gasteiger partial charge in [-0.1, -0.05) is 11.6 Å². The number of fused-ring (bicyclic) bond motifs is 1. The highest BCUT2D eigenvalue weighted by Crippen LogP contribution is 2.35. The lowest BCUT2D eigenvalue weighted by Crippen LogP contribution is -1.96. The van der Waals surface area contributed by atoms with Crippen molar-refractivity contribution in [1.82, 2.24) is 4.98 Å². The molecule has 1 heterocycles. The number of anilines is 1. The van der Waals surface area contributed by atoms with Crippen molar-refractivity contribution in [2.24, 2.45) is 0 Å². The van der Waals surface area contributed by atoms with Gasteiger partial charge in [0.1, 0.15) is 10.5 Å². The van der Waals surface area contributed by atoms with Crippen LogP contribution in [0.1, 0.15) is 0 Å². The number of aromatic nitrogens is 1. The monoisotopic (exact) mass is 223 g/mol. The number of rotatable bonds is 1. The van der Waals surface area contributed by atoms with E-state index in [1.54, 1.807) is 12.1 Å². The van der Waals surface area contributed by atoms with Crippen molar-refractivity contribution in [3.8, 4) is 0 Å². The molecule has 0 radical (unpaired) electrons. The molecule has 0 fully saturated rings. The van der Waals surface area contributed by atoms with E-state index in [1.807, 2.05) is 0 Å². The minimum absolute atomic E-state index is 0.0259. The fourth-order valence-corrected chi connectivity index (χ4v) is 1.70. The van der Waals surface area contributed by atoms with Gasteiger partial charge in [-0.15, -0.1) is 0 Å². The zero-order valence-electron chi connectivity index (χ0n) is 7.48. The van der Waals surface area contributed by atoms with Crippen LogP contribution in [0.25, 0.3) is 10.9 Å². The summed E-state index contributed by atoms with van der Waals surface area (Å²) in [6, 6.07) is 4.52. The van der Waals surface area contributed by atoms with Crippen molar-refractivity contribution >= 4 is 33.9 Å². The molecule has 0 atom stereocenters. The van der Waals surface area contributed by atoms with Crippen LogP contribution in [0.15, 0.2) is 24.4 Å². The minimum atomic E-state index is -0.536. The predicted octanol–water partition coefficient (Wildman–Crippen LogP) is 2.38.